The number of benzene rings is 2. The molecule has 2 aromatic carbocycles. The third-order valence-electron chi connectivity index (χ3n) is 4.06. The molecule has 6 heteroatoms. The highest BCUT2D eigenvalue weighted by molar-refractivity contribution is 6.31. The van der Waals surface area contributed by atoms with Crippen molar-refractivity contribution in [2.45, 2.75) is 20.3 Å². The topological polar surface area (TPSA) is 58.6 Å². The summed E-state index contributed by atoms with van der Waals surface area (Å²) in [5, 5.41) is 3.36. The van der Waals surface area contributed by atoms with Crippen LogP contribution in [-0.4, -0.2) is 36.9 Å². The third-order valence-corrected chi connectivity index (χ3v) is 4.29. The normalized spacial score (nSPS) is 10.3. The Bertz CT molecular complexity index is 792. The van der Waals surface area contributed by atoms with Gasteiger partial charge in [0.05, 0.1) is 13.7 Å². The highest BCUT2D eigenvalue weighted by Crippen LogP contribution is 2.20. The molecule has 0 atom stereocenters. The molecule has 0 aliphatic rings. The molecular weight excluding hydrogens is 352 g/mol. The Balaban J connectivity index is 1.97. The fourth-order valence-corrected chi connectivity index (χ4v) is 2.70. The van der Waals surface area contributed by atoms with E-state index in [1.165, 1.54) is 11.8 Å². The maximum absolute atomic E-state index is 12.3. The van der Waals surface area contributed by atoms with Gasteiger partial charge in [0.1, 0.15) is 5.75 Å². The van der Waals surface area contributed by atoms with Gasteiger partial charge in [-0.2, -0.15) is 0 Å². The number of methoxy groups -OCH3 is 1. The van der Waals surface area contributed by atoms with Crippen molar-refractivity contribution >= 4 is 29.1 Å². The second kappa shape index (κ2) is 9.25. The van der Waals surface area contributed by atoms with Crippen LogP contribution in [0.25, 0.3) is 0 Å². The minimum atomic E-state index is -0.254. The molecule has 0 aromatic heterocycles. The molecule has 0 saturated heterocycles. The van der Waals surface area contributed by atoms with Gasteiger partial charge in [-0.1, -0.05) is 29.8 Å². The summed E-state index contributed by atoms with van der Waals surface area (Å²) in [5.74, 6) is 0.369. The molecule has 0 bridgehead atoms. The van der Waals surface area contributed by atoms with Crippen molar-refractivity contribution in [2.24, 2.45) is 0 Å². The summed E-state index contributed by atoms with van der Waals surface area (Å²) < 4.78 is 5.21. The molecule has 0 unspecified atom stereocenters. The van der Waals surface area contributed by atoms with Crippen LogP contribution in [0.5, 0.6) is 5.75 Å². The highest BCUT2D eigenvalue weighted by atomic mass is 35.5. The fraction of sp³-hybridized carbons (Fsp3) is 0.300. The number of nitrogens with one attached hydrogen (secondary N) is 1. The Hall–Kier alpha value is -2.53. The summed E-state index contributed by atoms with van der Waals surface area (Å²) >= 11 is 5.97. The average Bonchev–Trinajstić information content (AvgIpc) is 2.61. The van der Waals surface area contributed by atoms with Crippen molar-refractivity contribution in [3.63, 3.8) is 0 Å². The van der Waals surface area contributed by atoms with Crippen molar-refractivity contribution in [2.75, 3.05) is 25.5 Å². The van der Waals surface area contributed by atoms with E-state index >= 15 is 0 Å². The Labute approximate surface area is 158 Å². The lowest BCUT2D eigenvalue weighted by Gasteiger charge is -2.21. The van der Waals surface area contributed by atoms with Crippen molar-refractivity contribution in [3.8, 4) is 5.75 Å². The first-order valence-corrected chi connectivity index (χ1v) is 8.71. The number of rotatable bonds is 7. The maximum atomic E-state index is 12.3. The number of halogens is 1. The smallest absolute Gasteiger partial charge is 0.244 e. The third kappa shape index (κ3) is 5.77. The minimum absolute atomic E-state index is 0.00868. The Morgan fingerprint density at radius 1 is 1.19 bits per heavy atom. The average molecular weight is 375 g/mol. The zero-order valence-electron chi connectivity index (χ0n) is 15.2. The van der Waals surface area contributed by atoms with Crippen LogP contribution >= 0.6 is 11.6 Å². The summed E-state index contributed by atoms with van der Waals surface area (Å²) in [5.41, 5.74) is 2.61. The lowest BCUT2D eigenvalue weighted by molar-refractivity contribution is -0.132. The summed E-state index contributed by atoms with van der Waals surface area (Å²) in [6, 6.07) is 13.0. The van der Waals surface area contributed by atoms with E-state index in [1.54, 1.807) is 19.2 Å². The summed E-state index contributed by atoms with van der Waals surface area (Å²) in [6.07, 6.45) is 0.639. The first-order chi connectivity index (χ1) is 12.4. The molecular formula is C20H23ClN2O3. The number of hydrogen-bond donors (Lipinski definition) is 1. The number of amides is 2. The molecule has 2 amide bonds. The molecule has 0 aliphatic carbocycles. The molecule has 0 aliphatic heterocycles. The maximum Gasteiger partial charge on any atom is 0.244 e. The van der Waals surface area contributed by atoms with Crippen LogP contribution in [0.15, 0.2) is 42.5 Å². The predicted molar refractivity (Wildman–Crippen MR) is 104 cm³/mol. The van der Waals surface area contributed by atoms with E-state index in [9.17, 15) is 9.59 Å². The van der Waals surface area contributed by atoms with Gasteiger partial charge in [0.25, 0.3) is 0 Å². The summed E-state index contributed by atoms with van der Waals surface area (Å²) in [6.45, 7) is 3.79. The van der Waals surface area contributed by atoms with Crippen LogP contribution in [0, 0.1) is 6.92 Å². The van der Waals surface area contributed by atoms with Crippen LogP contribution in [0.1, 0.15) is 18.1 Å². The minimum Gasteiger partial charge on any atom is -0.497 e. The lowest BCUT2D eigenvalue weighted by atomic mass is 10.1. The zero-order valence-corrected chi connectivity index (χ0v) is 16.0. The Morgan fingerprint density at radius 3 is 2.65 bits per heavy atom. The van der Waals surface area contributed by atoms with Crippen LogP contribution in [0.4, 0.5) is 5.69 Å². The Morgan fingerprint density at radius 2 is 1.96 bits per heavy atom. The van der Waals surface area contributed by atoms with Gasteiger partial charge < -0.3 is 15.0 Å². The molecule has 0 spiro atoms. The standard InChI is InChI=1S/C20H23ClN2O3/c1-14-7-8-17(21)12-19(14)22-20(25)13-23(15(2)24)10-9-16-5-4-6-18(11-16)26-3/h4-8,11-12H,9-10,13H2,1-3H3,(H,22,25). The van der Waals surface area contributed by atoms with Gasteiger partial charge in [0.15, 0.2) is 0 Å². The van der Waals surface area contributed by atoms with Crippen LogP contribution < -0.4 is 10.1 Å². The monoisotopic (exact) mass is 374 g/mol. The van der Waals surface area contributed by atoms with Gasteiger partial charge in [-0.15, -0.1) is 0 Å². The second-order valence-corrected chi connectivity index (χ2v) is 6.49. The quantitative estimate of drug-likeness (QED) is 0.804. The number of aryl methyl sites for hydroxylation is 1. The number of anilines is 1. The molecule has 0 radical (unpaired) electrons. The molecule has 2 rings (SSSR count). The van der Waals surface area contributed by atoms with Crippen molar-refractivity contribution in [3.05, 3.63) is 58.6 Å². The first kappa shape index (κ1) is 19.8. The van der Waals surface area contributed by atoms with Crippen molar-refractivity contribution in [1.82, 2.24) is 4.90 Å². The second-order valence-electron chi connectivity index (χ2n) is 6.05. The van der Waals surface area contributed by atoms with E-state index in [1.807, 2.05) is 37.3 Å². The van der Waals surface area contributed by atoms with Gasteiger partial charge in [0, 0.05) is 24.2 Å². The molecule has 2 aromatic rings. The zero-order chi connectivity index (χ0) is 19.1. The summed E-state index contributed by atoms with van der Waals surface area (Å²) in [4.78, 5) is 25.8. The van der Waals surface area contributed by atoms with E-state index in [2.05, 4.69) is 5.32 Å². The SMILES string of the molecule is COc1cccc(CCN(CC(=O)Nc2cc(Cl)ccc2C)C(C)=O)c1. The molecule has 1 N–H and O–H groups in total. The first-order valence-electron chi connectivity index (χ1n) is 8.33. The predicted octanol–water partition coefficient (Wildman–Crippen LogP) is 3.69. The van der Waals surface area contributed by atoms with Crippen LogP contribution in [-0.2, 0) is 16.0 Å². The van der Waals surface area contributed by atoms with E-state index in [0.29, 0.717) is 23.7 Å². The molecule has 0 heterocycles. The van der Waals surface area contributed by atoms with Gasteiger partial charge in [0.2, 0.25) is 11.8 Å². The lowest BCUT2D eigenvalue weighted by Crippen LogP contribution is -2.38. The molecule has 0 fully saturated rings. The molecule has 138 valence electrons. The van der Waals surface area contributed by atoms with Gasteiger partial charge in [-0.3, -0.25) is 9.59 Å². The van der Waals surface area contributed by atoms with Gasteiger partial charge >= 0.3 is 0 Å². The van der Waals surface area contributed by atoms with Crippen LogP contribution in [0.3, 0.4) is 0 Å². The van der Waals surface area contributed by atoms with E-state index in [-0.39, 0.29) is 18.4 Å². The largest absolute Gasteiger partial charge is 0.497 e. The van der Waals surface area contributed by atoms with Crippen molar-refractivity contribution < 1.29 is 14.3 Å². The Kier molecular flexibility index (Phi) is 7.04. The van der Waals surface area contributed by atoms with Gasteiger partial charge in [-0.05, 0) is 48.7 Å². The van der Waals surface area contributed by atoms with Gasteiger partial charge in [-0.25, -0.2) is 0 Å². The molecule has 0 saturated carbocycles. The molecule has 26 heavy (non-hydrogen) atoms. The van der Waals surface area contributed by atoms with E-state index in [4.69, 9.17) is 16.3 Å². The van der Waals surface area contributed by atoms with E-state index < -0.39 is 0 Å². The number of carbonyl (C=O) groups excluding carboxylic acids is 2. The molecule has 5 nitrogen and oxygen atoms in total. The van der Waals surface area contributed by atoms with Crippen LogP contribution in [0.2, 0.25) is 5.02 Å². The summed E-state index contributed by atoms with van der Waals surface area (Å²) in [7, 11) is 1.61. The number of hydrogen-bond acceptors (Lipinski definition) is 3. The number of carbonyl (C=O) groups is 2. The highest BCUT2D eigenvalue weighted by Gasteiger charge is 2.14. The fourth-order valence-electron chi connectivity index (χ4n) is 2.53. The number of ether oxygens (including phenoxy) is 1. The van der Waals surface area contributed by atoms with E-state index in [0.717, 1.165) is 16.9 Å². The number of nitrogens with zero attached hydrogens (tertiary/aromatic N) is 1. The van der Waals surface area contributed by atoms with Crippen molar-refractivity contribution in [1.29, 1.82) is 0 Å².